The van der Waals surface area contributed by atoms with Gasteiger partial charge in [-0.15, -0.1) is 0 Å². The van der Waals surface area contributed by atoms with Gasteiger partial charge in [0.15, 0.2) is 0 Å². The Kier molecular flexibility index (Phi) is 4.78. The van der Waals surface area contributed by atoms with E-state index in [0.29, 0.717) is 6.04 Å². The highest BCUT2D eigenvalue weighted by molar-refractivity contribution is 9.10. The average molecular weight is 311 g/mol. The van der Waals surface area contributed by atoms with E-state index in [1.54, 1.807) is 0 Å². The van der Waals surface area contributed by atoms with E-state index in [9.17, 15) is 4.79 Å². The summed E-state index contributed by atoms with van der Waals surface area (Å²) in [5.41, 5.74) is 1.75. The molecule has 3 nitrogen and oxygen atoms in total. The molecular formula is C14H19BrN2O. The fraction of sp³-hybridized carbons (Fsp3) is 0.500. The zero-order valence-electron chi connectivity index (χ0n) is 10.6. The molecule has 1 amide bonds. The third-order valence-electron chi connectivity index (χ3n) is 3.45. The number of hydrogen-bond donors (Lipinski definition) is 2. The van der Waals surface area contributed by atoms with Crippen molar-refractivity contribution in [2.24, 2.45) is 0 Å². The minimum absolute atomic E-state index is 0.0202. The van der Waals surface area contributed by atoms with Crippen LogP contribution in [0.4, 0.5) is 0 Å². The van der Waals surface area contributed by atoms with E-state index in [-0.39, 0.29) is 5.91 Å². The largest absolute Gasteiger partial charge is 0.352 e. The maximum atomic E-state index is 12.0. The molecule has 2 rings (SSSR count). The van der Waals surface area contributed by atoms with Gasteiger partial charge in [0.1, 0.15) is 0 Å². The first-order valence-corrected chi connectivity index (χ1v) is 7.24. The summed E-state index contributed by atoms with van der Waals surface area (Å²) < 4.78 is 0.979. The van der Waals surface area contributed by atoms with E-state index >= 15 is 0 Å². The van der Waals surface area contributed by atoms with Crippen LogP contribution in [0.3, 0.4) is 0 Å². The summed E-state index contributed by atoms with van der Waals surface area (Å²) >= 11 is 3.45. The maximum absolute atomic E-state index is 12.0. The minimum Gasteiger partial charge on any atom is -0.352 e. The Morgan fingerprint density at radius 2 is 2.39 bits per heavy atom. The highest BCUT2D eigenvalue weighted by atomic mass is 79.9. The van der Waals surface area contributed by atoms with Gasteiger partial charge in [-0.05, 0) is 50.4 Å². The Hall–Kier alpha value is -0.870. The van der Waals surface area contributed by atoms with E-state index in [2.05, 4.69) is 26.6 Å². The molecule has 1 saturated heterocycles. The fourth-order valence-corrected chi connectivity index (χ4v) is 2.68. The third kappa shape index (κ3) is 3.33. The lowest BCUT2D eigenvalue weighted by Gasteiger charge is -2.12. The van der Waals surface area contributed by atoms with Crippen LogP contribution >= 0.6 is 15.9 Å². The van der Waals surface area contributed by atoms with E-state index in [0.717, 1.165) is 35.1 Å². The van der Waals surface area contributed by atoms with Crippen molar-refractivity contribution in [3.05, 3.63) is 33.8 Å². The van der Waals surface area contributed by atoms with Crippen LogP contribution in [0.2, 0.25) is 0 Å². The first kappa shape index (κ1) is 13.6. The van der Waals surface area contributed by atoms with Gasteiger partial charge >= 0.3 is 0 Å². The third-order valence-corrected chi connectivity index (χ3v) is 4.31. The van der Waals surface area contributed by atoms with Gasteiger partial charge < -0.3 is 10.6 Å². The molecule has 1 fully saturated rings. The molecule has 4 heteroatoms. The molecule has 0 spiro atoms. The molecule has 0 saturated carbocycles. The molecule has 18 heavy (non-hydrogen) atoms. The molecule has 0 aliphatic carbocycles. The highest BCUT2D eigenvalue weighted by Crippen LogP contribution is 2.19. The molecule has 1 aliphatic heterocycles. The molecule has 0 bridgehead atoms. The standard InChI is InChI=1S/C14H19BrN2O/c1-10-12(5-2-6-13(10)15)14(18)17-9-7-11-4-3-8-16-11/h2,5-6,11,16H,3-4,7-9H2,1H3,(H,17,18)/t11-/m1/s1. The van der Waals surface area contributed by atoms with Crippen LogP contribution < -0.4 is 10.6 Å². The lowest BCUT2D eigenvalue weighted by molar-refractivity contribution is 0.0951. The monoisotopic (exact) mass is 310 g/mol. The number of halogens is 1. The molecule has 1 atom stereocenters. The molecule has 1 aromatic rings. The van der Waals surface area contributed by atoms with Crippen molar-refractivity contribution in [3.63, 3.8) is 0 Å². The van der Waals surface area contributed by atoms with Gasteiger partial charge in [-0.2, -0.15) is 0 Å². The van der Waals surface area contributed by atoms with Crippen LogP contribution in [0.5, 0.6) is 0 Å². The van der Waals surface area contributed by atoms with Crippen molar-refractivity contribution in [1.82, 2.24) is 10.6 Å². The molecule has 98 valence electrons. The molecule has 2 N–H and O–H groups in total. The molecular weight excluding hydrogens is 292 g/mol. The predicted octanol–water partition coefficient (Wildman–Crippen LogP) is 2.63. The van der Waals surface area contributed by atoms with Gasteiger partial charge in [0.05, 0.1) is 0 Å². The van der Waals surface area contributed by atoms with Crippen LogP contribution in [0.25, 0.3) is 0 Å². The second-order valence-corrected chi connectivity index (χ2v) is 5.60. The Morgan fingerprint density at radius 3 is 3.11 bits per heavy atom. The summed E-state index contributed by atoms with van der Waals surface area (Å²) in [7, 11) is 0. The average Bonchev–Trinajstić information content (AvgIpc) is 2.85. The number of carbonyl (C=O) groups excluding carboxylic acids is 1. The van der Waals surface area contributed by atoms with Crippen molar-refractivity contribution >= 4 is 21.8 Å². The van der Waals surface area contributed by atoms with Crippen LogP contribution in [0, 0.1) is 6.92 Å². The molecule has 0 radical (unpaired) electrons. The van der Waals surface area contributed by atoms with E-state index in [4.69, 9.17) is 0 Å². The number of carbonyl (C=O) groups is 1. The van der Waals surface area contributed by atoms with Gasteiger partial charge in [-0.3, -0.25) is 4.79 Å². The Bertz CT molecular complexity index is 428. The Balaban J connectivity index is 1.85. The molecule has 1 aliphatic rings. The zero-order valence-corrected chi connectivity index (χ0v) is 12.2. The van der Waals surface area contributed by atoms with Gasteiger partial charge in [0, 0.05) is 22.6 Å². The summed E-state index contributed by atoms with van der Waals surface area (Å²) in [6.45, 7) is 3.81. The van der Waals surface area contributed by atoms with Crippen molar-refractivity contribution in [2.45, 2.75) is 32.2 Å². The first-order valence-electron chi connectivity index (χ1n) is 6.45. The van der Waals surface area contributed by atoms with Gasteiger partial charge in [-0.25, -0.2) is 0 Å². The summed E-state index contributed by atoms with van der Waals surface area (Å²) in [5.74, 6) is 0.0202. The number of hydrogen-bond acceptors (Lipinski definition) is 2. The summed E-state index contributed by atoms with van der Waals surface area (Å²) in [6, 6.07) is 6.29. The lowest BCUT2D eigenvalue weighted by atomic mass is 10.1. The van der Waals surface area contributed by atoms with Crippen molar-refractivity contribution < 1.29 is 4.79 Å². The summed E-state index contributed by atoms with van der Waals surface area (Å²) in [5, 5.41) is 6.43. The fourth-order valence-electron chi connectivity index (χ4n) is 2.31. The lowest BCUT2D eigenvalue weighted by Crippen LogP contribution is -2.30. The van der Waals surface area contributed by atoms with Gasteiger partial charge in [0.2, 0.25) is 0 Å². The summed E-state index contributed by atoms with van der Waals surface area (Å²) in [4.78, 5) is 12.0. The topological polar surface area (TPSA) is 41.1 Å². The number of nitrogens with one attached hydrogen (secondary N) is 2. The number of amides is 1. The summed E-state index contributed by atoms with van der Waals surface area (Å²) in [6.07, 6.45) is 3.49. The van der Waals surface area contributed by atoms with Crippen molar-refractivity contribution in [3.8, 4) is 0 Å². The van der Waals surface area contributed by atoms with Crippen molar-refractivity contribution in [2.75, 3.05) is 13.1 Å². The molecule has 0 aromatic heterocycles. The predicted molar refractivity (Wildman–Crippen MR) is 76.9 cm³/mol. The van der Waals surface area contributed by atoms with Crippen LogP contribution in [-0.4, -0.2) is 25.0 Å². The quantitative estimate of drug-likeness (QED) is 0.897. The smallest absolute Gasteiger partial charge is 0.251 e. The number of benzene rings is 1. The van der Waals surface area contributed by atoms with Crippen LogP contribution in [0.15, 0.2) is 22.7 Å². The zero-order chi connectivity index (χ0) is 13.0. The normalized spacial score (nSPS) is 18.9. The second-order valence-electron chi connectivity index (χ2n) is 4.75. The Morgan fingerprint density at radius 1 is 1.56 bits per heavy atom. The maximum Gasteiger partial charge on any atom is 0.251 e. The van der Waals surface area contributed by atoms with E-state index < -0.39 is 0 Å². The minimum atomic E-state index is 0.0202. The Labute approximate surface area is 116 Å². The second kappa shape index (κ2) is 6.34. The molecule has 1 heterocycles. The van der Waals surface area contributed by atoms with E-state index in [1.165, 1.54) is 12.8 Å². The highest BCUT2D eigenvalue weighted by Gasteiger charge is 2.14. The van der Waals surface area contributed by atoms with Crippen LogP contribution in [-0.2, 0) is 0 Å². The van der Waals surface area contributed by atoms with Gasteiger partial charge in [0.25, 0.3) is 5.91 Å². The first-order chi connectivity index (χ1) is 8.68. The van der Waals surface area contributed by atoms with E-state index in [1.807, 2.05) is 25.1 Å². The SMILES string of the molecule is Cc1c(Br)cccc1C(=O)NCC[C@H]1CCCN1. The van der Waals surface area contributed by atoms with Gasteiger partial charge in [-0.1, -0.05) is 22.0 Å². The number of rotatable bonds is 4. The van der Waals surface area contributed by atoms with Crippen LogP contribution in [0.1, 0.15) is 35.2 Å². The molecule has 1 aromatic carbocycles. The molecule has 0 unspecified atom stereocenters. The van der Waals surface area contributed by atoms with Crippen molar-refractivity contribution in [1.29, 1.82) is 0 Å².